The number of amides is 4. The number of hydrogen-bond acceptors (Lipinski definition) is 8. The molecule has 3 unspecified atom stereocenters. The van der Waals surface area contributed by atoms with Crippen molar-refractivity contribution in [2.75, 3.05) is 55.0 Å². The predicted octanol–water partition coefficient (Wildman–Crippen LogP) is 2.69. The summed E-state index contributed by atoms with van der Waals surface area (Å²) in [5.41, 5.74) is 7.07. The number of likely N-dealkylation sites (tertiary alicyclic amines) is 1. The maximum absolute atomic E-state index is 14.1. The minimum absolute atomic E-state index is 0.0122. The number of nitrogens with zero attached hydrogens (tertiary/aromatic N) is 3. The molecule has 0 saturated carbocycles. The molecule has 1 aliphatic heterocycles. The van der Waals surface area contributed by atoms with E-state index in [0.717, 1.165) is 31.2 Å². The van der Waals surface area contributed by atoms with Gasteiger partial charge in [-0.1, -0.05) is 71.4 Å². The number of hydrogen-bond donors (Lipinski definition) is 3. The third-order valence-corrected chi connectivity index (χ3v) is 10.3. The third-order valence-electron chi connectivity index (χ3n) is 10.3. The van der Waals surface area contributed by atoms with Crippen LogP contribution in [0.2, 0.25) is 0 Å². The van der Waals surface area contributed by atoms with E-state index in [1.54, 1.807) is 26.2 Å². The summed E-state index contributed by atoms with van der Waals surface area (Å²) in [4.78, 5) is 60.0. The van der Waals surface area contributed by atoms with E-state index in [9.17, 15) is 19.2 Å². The van der Waals surface area contributed by atoms with Crippen LogP contribution in [0.25, 0.3) is 0 Å². The number of nitrogens with one attached hydrogen (secondary N) is 2. The van der Waals surface area contributed by atoms with Crippen LogP contribution in [0.5, 0.6) is 0 Å². The number of benzene rings is 1. The van der Waals surface area contributed by atoms with Crippen molar-refractivity contribution in [2.45, 2.75) is 110 Å². The molecule has 0 radical (unpaired) electrons. The quantitative estimate of drug-likeness (QED) is 0.177. The summed E-state index contributed by atoms with van der Waals surface area (Å²) in [5, 5.41) is 6.01. The van der Waals surface area contributed by atoms with Crippen LogP contribution in [-0.4, -0.2) is 130 Å². The SMILES string of the molecule is CC[C@H](C)[C@@H]([C@@H](CC(=O)N1CCCC1[C@H](OC)[C@@H](C)C(=O)NCCc1ccccc1)OC)N(C)C(=O)C(CCN)NC(=O)C(C(C)C)N(C)C. The molecule has 284 valence electrons. The van der Waals surface area contributed by atoms with Crippen LogP contribution in [0, 0.1) is 17.8 Å². The van der Waals surface area contributed by atoms with Gasteiger partial charge in [0.15, 0.2) is 0 Å². The predicted molar refractivity (Wildman–Crippen MR) is 197 cm³/mol. The fraction of sp³-hybridized carbons (Fsp3) is 0.737. The molecule has 1 fully saturated rings. The van der Waals surface area contributed by atoms with Crippen LogP contribution in [0.3, 0.4) is 0 Å². The maximum Gasteiger partial charge on any atom is 0.245 e. The molecule has 0 aliphatic carbocycles. The second-order valence-electron chi connectivity index (χ2n) is 14.4. The summed E-state index contributed by atoms with van der Waals surface area (Å²) in [7, 11) is 8.57. The zero-order chi connectivity index (χ0) is 37.5. The van der Waals surface area contributed by atoms with Crippen molar-refractivity contribution in [3.05, 3.63) is 35.9 Å². The normalized spacial score (nSPS) is 19.0. The number of carbonyl (C=O) groups is 4. The zero-order valence-electron chi connectivity index (χ0n) is 32.3. The Balaban J connectivity index is 2.20. The van der Waals surface area contributed by atoms with Gasteiger partial charge in [-0.2, -0.15) is 0 Å². The fourth-order valence-electron chi connectivity index (χ4n) is 7.50. The Morgan fingerprint density at radius 1 is 1.00 bits per heavy atom. The Morgan fingerprint density at radius 3 is 2.20 bits per heavy atom. The van der Waals surface area contributed by atoms with Crippen molar-refractivity contribution >= 4 is 23.6 Å². The van der Waals surface area contributed by atoms with E-state index in [0.29, 0.717) is 13.1 Å². The van der Waals surface area contributed by atoms with Gasteiger partial charge in [-0.25, -0.2) is 0 Å². The Bertz CT molecular complexity index is 1190. The van der Waals surface area contributed by atoms with Gasteiger partial charge in [0.2, 0.25) is 23.6 Å². The summed E-state index contributed by atoms with van der Waals surface area (Å²) < 4.78 is 11.9. The van der Waals surface area contributed by atoms with Crippen molar-refractivity contribution in [1.29, 1.82) is 0 Å². The van der Waals surface area contributed by atoms with Gasteiger partial charge >= 0.3 is 0 Å². The average Bonchev–Trinajstić information content (AvgIpc) is 3.57. The minimum atomic E-state index is -0.816. The molecular weight excluding hydrogens is 636 g/mol. The van der Waals surface area contributed by atoms with Gasteiger partial charge in [0, 0.05) is 34.4 Å². The van der Waals surface area contributed by atoms with Crippen LogP contribution in [-0.2, 0) is 35.1 Å². The molecule has 2 rings (SSSR count). The van der Waals surface area contributed by atoms with E-state index in [4.69, 9.17) is 15.2 Å². The van der Waals surface area contributed by atoms with Gasteiger partial charge in [0.05, 0.1) is 42.7 Å². The Hall–Kier alpha value is -3.06. The topological polar surface area (TPSA) is 147 Å². The summed E-state index contributed by atoms with van der Waals surface area (Å²) in [6.07, 6.45) is 2.25. The van der Waals surface area contributed by atoms with Crippen LogP contribution in [0.15, 0.2) is 30.3 Å². The summed E-state index contributed by atoms with van der Waals surface area (Å²) in [6.45, 7) is 11.2. The largest absolute Gasteiger partial charge is 0.379 e. The van der Waals surface area contributed by atoms with Gasteiger partial charge in [0.1, 0.15) is 6.04 Å². The highest BCUT2D eigenvalue weighted by Crippen LogP contribution is 2.29. The zero-order valence-corrected chi connectivity index (χ0v) is 32.3. The number of nitrogens with two attached hydrogens (primary N) is 1. The molecule has 50 heavy (non-hydrogen) atoms. The molecule has 1 aromatic rings. The lowest BCUT2D eigenvalue weighted by molar-refractivity contribution is -0.147. The monoisotopic (exact) mass is 703 g/mol. The molecule has 1 aromatic carbocycles. The van der Waals surface area contributed by atoms with Crippen molar-refractivity contribution in [3.8, 4) is 0 Å². The highest BCUT2D eigenvalue weighted by molar-refractivity contribution is 5.90. The van der Waals surface area contributed by atoms with E-state index < -0.39 is 36.3 Å². The third kappa shape index (κ3) is 11.7. The van der Waals surface area contributed by atoms with Crippen molar-refractivity contribution in [3.63, 3.8) is 0 Å². The molecule has 12 nitrogen and oxygen atoms in total. The smallest absolute Gasteiger partial charge is 0.245 e. The molecule has 8 atom stereocenters. The van der Waals surface area contributed by atoms with Crippen molar-refractivity contribution < 1.29 is 28.7 Å². The molecule has 12 heteroatoms. The summed E-state index contributed by atoms with van der Waals surface area (Å²) in [5.74, 6) is -1.15. The van der Waals surface area contributed by atoms with E-state index in [1.165, 1.54) is 0 Å². The number of carbonyl (C=O) groups excluding carboxylic acids is 4. The van der Waals surface area contributed by atoms with Crippen LogP contribution in [0.1, 0.15) is 72.3 Å². The van der Waals surface area contributed by atoms with Crippen LogP contribution < -0.4 is 16.4 Å². The first-order chi connectivity index (χ1) is 23.7. The lowest BCUT2D eigenvalue weighted by atomic mass is 9.90. The molecule has 4 N–H and O–H groups in total. The molecule has 4 amide bonds. The summed E-state index contributed by atoms with van der Waals surface area (Å²) >= 11 is 0. The van der Waals surface area contributed by atoms with Crippen molar-refractivity contribution in [1.82, 2.24) is 25.3 Å². The molecule has 0 spiro atoms. The Kier molecular flexibility index (Phi) is 18.4. The van der Waals surface area contributed by atoms with Crippen LogP contribution >= 0.6 is 0 Å². The standard InChI is InChI=1S/C38H66N6O6/c1-11-26(4)34(43(8)38(48)29(19-21-39)41-37(47)33(25(2)3)42(6)7)31(49-9)24-32(45)44-23-15-18-30(44)35(50-10)27(5)36(46)40-22-20-28-16-13-12-14-17-28/h12-14,16-17,25-27,29-31,33-35H,11,15,18-24,39H2,1-10H3,(H,40,46)(H,41,47)/t26-,27+,29?,30?,31+,33?,34-,35+/m0/s1. The second-order valence-corrected chi connectivity index (χ2v) is 14.4. The molecular formula is C38H66N6O6. The minimum Gasteiger partial charge on any atom is -0.379 e. The molecule has 1 aliphatic rings. The second kappa shape index (κ2) is 21.3. The molecule has 1 saturated heterocycles. The average molecular weight is 703 g/mol. The maximum atomic E-state index is 14.1. The van der Waals surface area contributed by atoms with E-state index >= 15 is 0 Å². The Labute approximate surface area is 301 Å². The highest BCUT2D eigenvalue weighted by Gasteiger charge is 2.42. The van der Waals surface area contributed by atoms with Gasteiger partial charge < -0.3 is 35.6 Å². The van der Waals surface area contributed by atoms with Crippen LogP contribution in [0.4, 0.5) is 0 Å². The van der Waals surface area contributed by atoms with Crippen molar-refractivity contribution in [2.24, 2.45) is 23.5 Å². The molecule has 1 heterocycles. The first-order valence-corrected chi connectivity index (χ1v) is 18.3. The van der Waals surface area contributed by atoms with E-state index in [1.807, 2.05) is 88.8 Å². The van der Waals surface area contributed by atoms with Gasteiger partial charge in [-0.15, -0.1) is 0 Å². The van der Waals surface area contributed by atoms with Gasteiger partial charge in [0.25, 0.3) is 0 Å². The first-order valence-electron chi connectivity index (χ1n) is 18.3. The number of methoxy groups -OCH3 is 2. The number of ether oxygens (including phenoxy) is 2. The number of rotatable bonds is 21. The Morgan fingerprint density at radius 2 is 1.66 bits per heavy atom. The van der Waals surface area contributed by atoms with E-state index in [-0.39, 0.29) is 60.9 Å². The lowest BCUT2D eigenvalue weighted by Gasteiger charge is -2.40. The van der Waals surface area contributed by atoms with E-state index in [2.05, 4.69) is 10.6 Å². The summed E-state index contributed by atoms with van der Waals surface area (Å²) in [6, 6.07) is 8.07. The fourth-order valence-corrected chi connectivity index (χ4v) is 7.50. The first kappa shape index (κ1) is 43.1. The molecule has 0 bridgehead atoms. The highest BCUT2D eigenvalue weighted by atomic mass is 16.5. The number of likely N-dealkylation sites (N-methyl/N-ethyl adjacent to an activating group) is 2. The van der Waals surface area contributed by atoms with Gasteiger partial charge in [-0.05, 0) is 63.7 Å². The lowest BCUT2D eigenvalue weighted by Crippen LogP contribution is -2.58. The van der Waals surface area contributed by atoms with Gasteiger partial charge in [-0.3, -0.25) is 24.1 Å². The molecule has 0 aromatic heterocycles.